The molecule has 184 valence electrons. The Labute approximate surface area is 218 Å². The highest BCUT2D eigenvalue weighted by atomic mass is 35.5. The second-order valence-electron chi connectivity index (χ2n) is 8.97. The Bertz CT molecular complexity index is 1130. The lowest BCUT2D eigenvalue weighted by Gasteiger charge is -2.31. The average Bonchev–Trinajstić information content (AvgIpc) is 2.86. The van der Waals surface area contributed by atoms with Gasteiger partial charge in [0.1, 0.15) is 6.04 Å². The van der Waals surface area contributed by atoms with Crippen LogP contribution in [0.3, 0.4) is 0 Å². The summed E-state index contributed by atoms with van der Waals surface area (Å²) in [6, 6.07) is 22.6. The van der Waals surface area contributed by atoms with Gasteiger partial charge >= 0.3 is 0 Å². The van der Waals surface area contributed by atoms with Crippen LogP contribution in [0.5, 0.6) is 0 Å². The van der Waals surface area contributed by atoms with E-state index in [-0.39, 0.29) is 24.8 Å². The summed E-state index contributed by atoms with van der Waals surface area (Å²) in [5, 5.41) is 3.72. The first-order chi connectivity index (χ1) is 16.8. The van der Waals surface area contributed by atoms with Crippen molar-refractivity contribution in [2.24, 2.45) is 0 Å². The predicted molar refractivity (Wildman–Crippen MR) is 144 cm³/mol. The zero-order valence-corrected chi connectivity index (χ0v) is 21.9. The monoisotopic (exact) mass is 510 g/mol. The summed E-state index contributed by atoms with van der Waals surface area (Å²) < 4.78 is 0. The lowest BCUT2D eigenvalue weighted by molar-refractivity contribution is -0.141. The first kappa shape index (κ1) is 26.8. The molecule has 3 aromatic carbocycles. The fourth-order valence-electron chi connectivity index (χ4n) is 4.02. The Kier molecular flexibility index (Phi) is 9.76. The van der Waals surface area contributed by atoms with Crippen LogP contribution in [0.1, 0.15) is 48.4 Å². The highest BCUT2D eigenvalue weighted by Gasteiger charge is 2.30. The Morgan fingerprint density at radius 2 is 1.60 bits per heavy atom. The number of benzene rings is 3. The molecule has 3 aromatic rings. The Hall–Kier alpha value is -2.82. The van der Waals surface area contributed by atoms with Crippen molar-refractivity contribution in [2.45, 2.75) is 51.6 Å². The van der Waals surface area contributed by atoms with Crippen LogP contribution in [0.4, 0.5) is 0 Å². The van der Waals surface area contributed by atoms with E-state index in [0.29, 0.717) is 28.8 Å². The lowest BCUT2D eigenvalue weighted by Crippen LogP contribution is -2.49. The van der Waals surface area contributed by atoms with Crippen LogP contribution in [0.15, 0.2) is 72.8 Å². The number of amides is 2. The fourth-order valence-corrected chi connectivity index (χ4v) is 4.49. The van der Waals surface area contributed by atoms with Gasteiger partial charge in [-0.2, -0.15) is 0 Å². The number of aryl methyl sites for hydroxylation is 1. The minimum absolute atomic E-state index is 0.103. The van der Waals surface area contributed by atoms with Gasteiger partial charge in [0.15, 0.2) is 0 Å². The van der Waals surface area contributed by atoms with Crippen molar-refractivity contribution in [3.8, 4) is 0 Å². The molecule has 0 aromatic heterocycles. The van der Waals surface area contributed by atoms with Gasteiger partial charge in [-0.3, -0.25) is 9.59 Å². The van der Waals surface area contributed by atoms with E-state index in [1.807, 2.05) is 30.3 Å². The van der Waals surface area contributed by atoms with Gasteiger partial charge in [0.2, 0.25) is 11.8 Å². The van der Waals surface area contributed by atoms with Gasteiger partial charge in [-0.1, -0.05) is 97.7 Å². The molecular formula is C29H32Cl2N2O2. The maximum absolute atomic E-state index is 13.6. The molecule has 1 N–H and O–H groups in total. The number of carbonyl (C=O) groups excluding carboxylic acids is 2. The van der Waals surface area contributed by atoms with Gasteiger partial charge in [0.25, 0.3) is 0 Å². The Balaban J connectivity index is 1.87. The second-order valence-corrected chi connectivity index (χ2v) is 9.82. The normalized spacial score (nSPS) is 11.8. The highest BCUT2D eigenvalue weighted by Crippen LogP contribution is 2.25. The third-order valence-corrected chi connectivity index (χ3v) is 6.73. The van der Waals surface area contributed by atoms with Gasteiger partial charge in [-0.25, -0.2) is 0 Å². The fraction of sp³-hybridized carbons (Fsp3) is 0.310. The molecule has 35 heavy (non-hydrogen) atoms. The molecule has 1 atom stereocenters. The highest BCUT2D eigenvalue weighted by molar-refractivity contribution is 6.35. The molecule has 0 aliphatic heterocycles. The number of hydrogen-bond acceptors (Lipinski definition) is 2. The molecule has 0 aliphatic carbocycles. The lowest BCUT2D eigenvalue weighted by atomic mass is 9.99. The van der Waals surface area contributed by atoms with Crippen LogP contribution < -0.4 is 5.32 Å². The van der Waals surface area contributed by atoms with E-state index in [4.69, 9.17) is 23.2 Å². The SMILES string of the molecule is CNC(=O)[C@@H](Cc1ccccc1)N(Cc1ccc(Cl)cc1Cl)C(=O)CCc1ccc(C(C)C)cc1. The predicted octanol–water partition coefficient (Wildman–Crippen LogP) is 6.44. The summed E-state index contributed by atoms with van der Waals surface area (Å²) >= 11 is 12.5. The number of nitrogens with one attached hydrogen (secondary N) is 1. The largest absolute Gasteiger partial charge is 0.357 e. The van der Waals surface area contributed by atoms with E-state index >= 15 is 0 Å². The van der Waals surface area contributed by atoms with E-state index in [1.165, 1.54) is 5.56 Å². The van der Waals surface area contributed by atoms with Gasteiger partial charge in [-0.15, -0.1) is 0 Å². The third-order valence-electron chi connectivity index (χ3n) is 6.15. The number of rotatable bonds is 10. The molecule has 0 fully saturated rings. The van der Waals surface area contributed by atoms with E-state index in [1.54, 1.807) is 30.1 Å². The van der Waals surface area contributed by atoms with Gasteiger partial charge < -0.3 is 10.2 Å². The van der Waals surface area contributed by atoms with Crippen molar-refractivity contribution in [3.05, 3.63) is 105 Å². The second kappa shape index (κ2) is 12.8. The van der Waals surface area contributed by atoms with E-state index < -0.39 is 6.04 Å². The zero-order chi connectivity index (χ0) is 25.4. The maximum Gasteiger partial charge on any atom is 0.242 e. The molecule has 0 spiro atoms. The van der Waals surface area contributed by atoms with Crippen molar-refractivity contribution in [3.63, 3.8) is 0 Å². The quantitative estimate of drug-likeness (QED) is 0.341. The standard InChI is InChI=1S/C29H32Cl2N2O2/c1-20(2)23-12-9-21(10-13-23)11-16-28(34)33(19-24-14-15-25(30)18-26(24)31)27(29(35)32-3)17-22-7-5-4-6-8-22/h4-10,12-15,18,20,27H,11,16-17,19H2,1-3H3,(H,32,35)/t27-/m1/s1. The van der Waals surface area contributed by atoms with Crippen molar-refractivity contribution >= 4 is 35.0 Å². The van der Waals surface area contributed by atoms with Crippen LogP contribution in [-0.2, 0) is 29.0 Å². The molecule has 0 unspecified atom stereocenters. The van der Waals surface area contributed by atoms with Gasteiger partial charge in [-0.05, 0) is 46.7 Å². The summed E-state index contributed by atoms with van der Waals surface area (Å²) in [5.41, 5.74) is 4.08. The van der Waals surface area contributed by atoms with Crippen molar-refractivity contribution in [1.82, 2.24) is 10.2 Å². The molecule has 0 saturated carbocycles. The summed E-state index contributed by atoms with van der Waals surface area (Å²) in [6.45, 7) is 4.53. The summed E-state index contributed by atoms with van der Waals surface area (Å²) in [7, 11) is 1.59. The van der Waals surface area contributed by atoms with Crippen LogP contribution in [0, 0.1) is 0 Å². The number of nitrogens with zero attached hydrogens (tertiary/aromatic N) is 1. The van der Waals surface area contributed by atoms with E-state index in [2.05, 4.69) is 43.4 Å². The molecule has 0 saturated heterocycles. The van der Waals surface area contributed by atoms with E-state index in [9.17, 15) is 9.59 Å². The number of hydrogen-bond donors (Lipinski definition) is 1. The van der Waals surface area contributed by atoms with Crippen molar-refractivity contribution in [1.29, 1.82) is 0 Å². The molecule has 0 radical (unpaired) electrons. The molecule has 3 rings (SSSR count). The Morgan fingerprint density at radius 1 is 0.914 bits per heavy atom. The van der Waals surface area contributed by atoms with Crippen LogP contribution >= 0.6 is 23.2 Å². The van der Waals surface area contributed by atoms with Crippen molar-refractivity contribution < 1.29 is 9.59 Å². The van der Waals surface area contributed by atoms with Gasteiger partial charge in [0, 0.05) is 36.5 Å². The zero-order valence-electron chi connectivity index (χ0n) is 20.4. The molecular weight excluding hydrogens is 479 g/mol. The van der Waals surface area contributed by atoms with Crippen LogP contribution in [0.2, 0.25) is 10.0 Å². The molecule has 0 heterocycles. The average molecular weight is 511 g/mol. The topological polar surface area (TPSA) is 49.4 Å². The molecule has 2 amide bonds. The summed E-state index contributed by atoms with van der Waals surface area (Å²) in [5.74, 6) is 0.138. The van der Waals surface area contributed by atoms with Crippen molar-refractivity contribution in [2.75, 3.05) is 7.05 Å². The summed E-state index contributed by atoms with van der Waals surface area (Å²) in [4.78, 5) is 28.3. The molecule has 0 bridgehead atoms. The third kappa shape index (κ3) is 7.58. The minimum Gasteiger partial charge on any atom is -0.357 e. The molecule has 0 aliphatic rings. The number of halogens is 2. The van der Waals surface area contributed by atoms with Crippen LogP contribution in [-0.4, -0.2) is 29.8 Å². The smallest absolute Gasteiger partial charge is 0.242 e. The van der Waals surface area contributed by atoms with Gasteiger partial charge in [0.05, 0.1) is 0 Å². The number of likely N-dealkylation sites (N-methyl/N-ethyl adjacent to an activating group) is 1. The maximum atomic E-state index is 13.6. The van der Waals surface area contributed by atoms with Crippen LogP contribution in [0.25, 0.3) is 0 Å². The minimum atomic E-state index is -0.676. The summed E-state index contributed by atoms with van der Waals surface area (Å²) in [6.07, 6.45) is 1.28. The molecule has 4 nitrogen and oxygen atoms in total. The molecule has 6 heteroatoms. The number of carbonyl (C=O) groups is 2. The van der Waals surface area contributed by atoms with E-state index in [0.717, 1.165) is 16.7 Å². The first-order valence-electron chi connectivity index (χ1n) is 11.9. The first-order valence-corrected chi connectivity index (χ1v) is 12.6. The Morgan fingerprint density at radius 3 is 2.20 bits per heavy atom.